The third kappa shape index (κ3) is 3.18. The molecule has 0 aliphatic heterocycles. The summed E-state index contributed by atoms with van der Waals surface area (Å²) < 4.78 is 37.3. The third-order valence-electron chi connectivity index (χ3n) is 1.69. The van der Waals surface area contributed by atoms with E-state index in [0.717, 1.165) is 12.1 Å². The van der Waals surface area contributed by atoms with Gasteiger partial charge in [-0.15, -0.1) is 11.6 Å². The van der Waals surface area contributed by atoms with Crippen LogP contribution in [0.25, 0.3) is 0 Å². The summed E-state index contributed by atoms with van der Waals surface area (Å²) in [5.41, 5.74) is -0.828. The predicted octanol–water partition coefficient (Wildman–Crippen LogP) is 3.17. The topological polar surface area (TPSA) is 23.8 Å². The largest absolute Gasteiger partial charge is 0.416 e. The molecular formula is C11H5ClF3N. The summed E-state index contributed by atoms with van der Waals surface area (Å²) in [5, 5.41) is 8.59. The fraction of sp³-hybridized carbons (Fsp3) is 0.182. The number of hydrogen-bond donors (Lipinski definition) is 0. The Morgan fingerprint density at radius 3 is 2.31 bits per heavy atom. The Balaban J connectivity index is 3.28. The molecule has 1 aromatic carbocycles. The molecule has 16 heavy (non-hydrogen) atoms. The van der Waals surface area contributed by atoms with Gasteiger partial charge in [0, 0.05) is 5.56 Å². The maximum Gasteiger partial charge on any atom is 0.416 e. The lowest BCUT2D eigenvalue weighted by molar-refractivity contribution is -0.137. The normalized spacial score (nSPS) is 10.2. The Labute approximate surface area is 95.4 Å². The Morgan fingerprint density at radius 2 is 1.81 bits per heavy atom. The molecule has 0 saturated carbocycles. The molecule has 0 amide bonds. The molecule has 0 heterocycles. The summed E-state index contributed by atoms with van der Waals surface area (Å²) >= 11 is 5.29. The van der Waals surface area contributed by atoms with Crippen molar-refractivity contribution in [2.45, 2.75) is 6.18 Å². The lowest BCUT2D eigenvalue weighted by Crippen LogP contribution is -2.05. The van der Waals surface area contributed by atoms with Crippen molar-refractivity contribution in [1.82, 2.24) is 0 Å². The molecule has 0 aliphatic carbocycles. The Bertz CT molecular complexity index is 489. The van der Waals surface area contributed by atoms with Crippen LogP contribution in [-0.2, 0) is 6.18 Å². The van der Waals surface area contributed by atoms with Crippen LogP contribution in [0.15, 0.2) is 18.2 Å². The van der Waals surface area contributed by atoms with Gasteiger partial charge < -0.3 is 0 Å². The fourth-order valence-corrected chi connectivity index (χ4v) is 1.13. The van der Waals surface area contributed by atoms with E-state index in [1.165, 1.54) is 6.07 Å². The second-order valence-corrected chi connectivity index (χ2v) is 3.11. The lowest BCUT2D eigenvalue weighted by Gasteiger charge is -2.07. The van der Waals surface area contributed by atoms with Gasteiger partial charge in [0.25, 0.3) is 0 Å². The lowest BCUT2D eigenvalue weighted by atomic mass is 10.1. The molecule has 0 unspecified atom stereocenters. The molecule has 0 aliphatic rings. The van der Waals surface area contributed by atoms with E-state index in [1.807, 2.05) is 0 Å². The second kappa shape index (κ2) is 4.92. The van der Waals surface area contributed by atoms with Crippen LogP contribution in [-0.4, -0.2) is 5.88 Å². The van der Waals surface area contributed by atoms with Crippen molar-refractivity contribution in [2.24, 2.45) is 0 Å². The summed E-state index contributed by atoms with van der Waals surface area (Å²) in [6.45, 7) is 0. The van der Waals surface area contributed by atoms with E-state index in [0.29, 0.717) is 0 Å². The van der Waals surface area contributed by atoms with Crippen LogP contribution in [0.5, 0.6) is 0 Å². The monoisotopic (exact) mass is 243 g/mol. The standard InChI is InChI=1S/C11H5ClF3N/c12-3-1-2-8-4-9(7-16)6-10(5-8)11(13,14)15/h4-6H,3H2. The highest BCUT2D eigenvalue weighted by atomic mass is 35.5. The number of nitrogens with zero attached hydrogens (tertiary/aromatic N) is 1. The van der Waals surface area contributed by atoms with Crippen molar-refractivity contribution in [3.8, 4) is 17.9 Å². The number of rotatable bonds is 0. The van der Waals surface area contributed by atoms with Crippen LogP contribution in [0.3, 0.4) is 0 Å². The van der Waals surface area contributed by atoms with Gasteiger partial charge in [0.05, 0.1) is 23.1 Å². The smallest absolute Gasteiger partial charge is 0.192 e. The number of halogens is 4. The van der Waals surface area contributed by atoms with Gasteiger partial charge in [-0.05, 0) is 18.2 Å². The van der Waals surface area contributed by atoms with Crippen LogP contribution in [0.2, 0.25) is 0 Å². The molecule has 5 heteroatoms. The van der Waals surface area contributed by atoms with Gasteiger partial charge in [-0.25, -0.2) is 0 Å². The Morgan fingerprint density at radius 1 is 1.19 bits per heavy atom. The molecule has 82 valence electrons. The van der Waals surface area contributed by atoms with E-state index in [-0.39, 0.29) is 17.0 Å². The van der Waals surface area contributed by atoms with E-state index in [2.05, 4.69) is 11.8 Å². The number of benzene rings is 1. The van der Waals surface area contributed by atoms with Crippen LogP contribution < -0.4 is 0 Å². The minimum Gasteiger partial charge on any atom is -0.192 e. The van der Waals surface area contributed by atoms with Crippen LogP contribution in [0.1, 0.15) is 16.7 Å². The Kier molecular flexibility index (Phi) is 3.82. The van der Waals surface area contributed by atoms with Crippen molar-refractivity contribution >= 4 is 11.6 Å². The van der Waals surface area contributed by atoms with Crippen molar-refractivity contribution in [3.05, 3.63) is 34.9 Å². The zero-order valence-corrected chi connectivity index (χ0v) is 8.65. The number of nitriles is 1. The highest BCUT2D eigenvalue weighted by Gasteiger charge is 2.31. The van der Waals surface area contributed by atoms with E-state index in [9.17, 15) is 13.2 Å². The zero-order valence-electron chi connectivity index (χ0n) is 7.90. The number of hydrogen-bond acceptors (Lipinski definition) is 1. The molecule has 0 spiro atoms. The van der Waals surface area contributed by atoms with E-state index in [4.69, 9.17) is 16.9 Å². The van der Waals surface area contributed by atoms with E-state index in [1.54, 1.807) is 6.07 Å². The molecule has 0 saturated heterocycles. The fourth-order valence-electron chi connectivity index (χ4n) is 1.06. The van der Waals surface area contributed by atoms with Crippen LogP contribution >= 0.6 is 11.6 Å². The van der Waals surface area contributed by atoms with Gasteiger partial charge in [0.2, 0.25) is 0 Å². The van der Waals surface area contributed by atoms with Gasteiger partial charge in [0.15, 0.2) is 0 Å². The first-order chi connectivity index (χ1) is 7.47. The highest BCUT2D eigenvalue weighted by Crippen LogP contribution is 2.30. The minimum absolute atomic E-state index is 0.0259. The maximum atomic E-state index is 12.4. The summed E-state index contributed by atoms with van der Waals surface area (Å²) in [6.07, 6.45) is -4.48. The van der Waals surface area contributed by atoms with Crippen molar-refractivity contribution < 1.29 is 13.2 Å². The van der Waals surface area contributed by atoms with Crippen LogP contribution in [0, 0.1) is 23.2 Å². The first kappa shape index (κ1) is 12.4. The molecule has 1 nitrogen and oxygen atoms in total. The molecule has 0 fully saturated rings. The summed E-state index contributed by atoms with van der Waals surface area (Å²) in [5.74, 6) is 4.91. The van der Waals surface area contributed by atoms with Crippen molar-refractivity contribution in [1.29, 1.82) is 5.26 Å². The average molecular weight is 244 g/mol. The molecule has 1 aromatic rings. The van der Waals surface area contributed by atoms with E-state index >= 15 is 0 Å². The molecule has 1 rings (SSSR count). The highest BCUT2D eigenvalue weighted by molar-refractivity contribution is 6.19. The predicted molar refractivity (Wildman–Crippen MR) is 53.8 cm³/mol. The molecule has 0 bridgehead atoms. The average Bonchev–Trinajstić information content (AvgIpc) is 2.24. The minimum atomic E-state index is -4.48. The van der Waals surface area contributed by atoms with Gasteiger partial charge in [0.1, 0.15) is 0 Å². The van der Waals surface area contributed by atoms with Crippen molar-refractivity contribution in [2.75, 3.05) is 5.88 Å². The maximum absolute atomic E-state index is 12.4. The van der Waals surface area contributed by atoms with Gasteiger partial charge in [-0.3, -0.25) is 0 Å². The molecule has 0 N–H and O–H groups in total. The first-order valence-electron chi connectivity index (χ1n) is 4.14. The summed E-state index contributed by atoms with van der Waals surface area (Å²) in [4.78, 5) is 0. The molecule has 0 atom stereocenters. The summed E-state index contributed by atoms with van der Waals surface area (Å²) in [6, 6.07) is 4.61. The van der Waals surface area contributed by atoms with Gasteiger partial charge in [-0.1, -0.05) is 11.8 Å². The van der Waals surface area contributed by atoms with Crippen LogP contribution in [0.4, 0.5) is 13.2 Å². The van der Waals surface area contributed by atoms with Gasteiger partial charge in [-0.2, -0.15) is 18.4 Å². The quantitative estimate of drug-likeness (QED) is 0.507. The summed E-state index contributed by atoms with van der Waals surface area (Å²) in [7, 11) is 0. The number of alkyl halides is 4. The Hall–Kier alpha value is -1.65. The molecular weight excluding hydrogens is 239 g/mol. The molecule has 0 aromatic heterocycles. The van der Waals surface area contributed by atoms with Gasteiger partial charge >= 0.3 is 6.18 Å². The second-order valence-electron chi connectivity index (χ2n) is 2.84. The van der Waals surface area contributed by atoms with Crippen molar-refractivity contribution in [3.63, 3.8) is 0 Å². The zero-order chi connectivity index (χ0) is 12.2. The third-order valence-corrected chi connectivity index (χ3v) is 1.82. The molecule has 0 radical (unpaired) electrons. The first-order valence-corrected chi connectivity index (χ1v) is 4.68. The van der Waals surface area contributed by atoms with E-state index < -0.39 is 11.7 Å². The SMILES string of the molecule is N#Cc1cc(C#CCCl)cc(C(F)(F)F)c1.